The Hall–Kier alpha value is -3.76. The topological polar surface area (TPSA) is 61.1 Å². The van der Waals surface area contributed by atoms with Gasteiger partial charge >= 0.3 is 5.97 Å². The van der Waals surface area contributed by atoms with Gasteiger partial charge in [-0.25, -0.2) is 0 Å². The zero-order valence-electron chi connectivity index (χ0n) is 31.2. The Morgan fingerprint density at radius 1 is 0.774 bits per heavy atom. The number of aryl methyl sites for hydroxylation is 2. The minimum atomic E-state index is -0.0672. The number of benzene rings is 4. The van der Waals surface area contributed by atoms with Crippen LogP contribution in [0.3, 0.4) is 0 Å². The highest BCUT2D eigenvalue weighted by Crippen LogP contribution is 2.40. The van der Waals surface area contributed by atoms with E-state index in [0.29, 0.717) is 46.1 Å². The molecular weight excluding hydrogens is 701 g/mol. The molecule has 0 spiro atoms. The number of anilines is 1. The quantitative estimate of drug-likeness (QED) is 0.0242. The Morgan fingerprint density at radius 3 is 2.15 bits per heavy atom. The number of pyridine rings is 1. The lowest BCUT2D eigenvalue weighted by Crippen LogP contribution is -2.30. The Bertz CT molecular complexity index is 1820. The number of para-hydroxylation sites is 2. The van der Waals surface area contributed by atoms with Gasteiger partial charge < -0.3 is 23.8 Å². The maximum absolute atomic E-state index is 12.0. The number of aromatic nitrogens is 1. The fraction of sp³-hybridized carbons (Fsp3) is 0.409. The van der Waals surface area contributed by atoms with Gasteiger partial charge in [-0.3, -0.25) is 4.79 Å². The molecule has 0 saturated carbocycles. The van der Waals surface area contributed by atoms with E-state index in [1.54, 1.807) is 0 Å². The number of esters is 1. The molecule has 1 aliphatic rings. The highest BCUT2D eigenvalue weighted by Gasteiger charge is 2.19. The maximum Gasteiger partial charge on any atom is 0.305 e. The fourth-order valence-electron chi connectivity index (χ4n) is 6.79. The lowest BCUT2D eigenvalue weighted by Gasteiger charge is -2.20. The van der Waals surface area contributed by atoms with E-state index in [-0.39, 0.29) is 5.97 Å². The second kappa shape index (κ2) is 20.6. The summed E-state index contributed by atoms with van der Waals surface area (Å²) in [5.74, 6) is 2.02. The molecule has 280 valence electrons. The van der Waals surface area contributed by atoms with E-state index in [9.17, 15) is 4.79 Å². The van der Waals surface area contributed by atoms with E-state index in [0.717, 1.165) is 48.9 Å². The van der Waals surface area contributed by atoms with Gasteiger partial charge in [0.2, 0.25) is 11.0 Å². The maximum atomic E-state index is 12.0. The Kier molecular flexibility index (Phi) is 15.2. The van der Waals surface area contributed by atoms with Gasteiger partial charge in [-0.1, -0.05) is 76.5 Å². The largest absolute Gasteiger partial charge is 0.491 e. The third kappa shape index (κ3) is 11.4. The van der Waals surface area contributed by atoms with Crippen molar-refractivity contribution in [3.8, 4) is 16.9 Å². The third-order valence-corrected chi connectivity index (χ3v) is 12.8. The molecule has 1 saturated heterocycles. The van der Waals surface area contributed by atoms with Gasteiger partial charge in [0.05, 0.1) is 43.8 Å². The van der Waals surface area contributed by atoms with E-state index in [2.05, 4.69) is 108 Å². The van der Waals surface area contributed by atoms with E-state index in [1.807, 2.05) is 33.7 Å². The summed E-state index contributed by atoms with van der Waals surface area (Å²) in [6.45, 7) is 3.95. The van der Waals surface area contributed by atoms with Crippen LogP contribution in [0.25, 0.3) is 32.9 Å². The van der Waals surface area contributed by atoms with Crippen molar-refractivity contribution in [3.05, 3.63) is 103 Å². The van der Waals surface area contributed by atoms with Gasteiger partial charge in [-0.05, 0) is 79.6 Å². The van der Waals surface area contributed by atoms with Crippen molar-refractivity contribution in [1.82, 2.24) is 0 Å². The van der Waals surface area contributed by atoms with Gasteiger partial charge in [0.25, 0.3) is 0 Å². The first-order valence-electron chi connectivity index (χ1n) is 19.0. The predicted octanol–water partition coefficient (Wildman–Crippen LogP) is 9.22. The van der Waals surface area contributed by atoms with Crippen molar-refractivity contribution in [2.75, 3.05) is 63.9 Å². The van der Waals surface area contributed by atoms with Crippen molar-refractivity contribution in [2.45, 2.75) is 50.2 Å². The number of unbranched alkanes of at least 4 members (excludes halogenated alkanes) is 1. The van der Waals surface area contributed by atoms with E-state index in [1.165, 1.54) is 57.1 Å². The van der Waals surface area contributed by atoms with Crippen LogP contribution in [0.1, 0.15) is 44.1 Å². The molecule has 0 bridgehead atoms. The predicted molar refractivity (Wildman–Crippen MR) is 221 cm³/mol. The normalized spacial score (nSPS) is 14.2. The number of hydrogen-bond donors (Lipinski definition) is 0. The van der Waals surface area contributed by atoms with Gasteiger partial charge in [0.1, 0.15) is 19.4 Å². The van der Waals surface area contributed by atoms with E-state index < -0.39 is 0 Å². The molecule has 4 aromatic carbocycles. The number of carbonyl (C=O) groups excluding carboxylic acids is 1. The molecule has 1 aliphatic heterocycles. The molecule has 53 heavy (non-hydrogen) atoms. The monoisotopic (exact) mass is 753 g/mol. The SMILES string of the molecule is CN(CCOCCOCCOc1ccc(CCCOC(=O)CCCCC2CCSS2)cc1)c1ccc(-c2c3ccccc3[n+](C)c3ccccc23)cc1. The van der Waals surface area contributed by atoms with Crippen LogP contribution in [0, 0.1) is 0 Å². The van der Waals surface area contributed by atoms with Gasteiger partial charge in [-0.2, -0.15) is 4.57 Å². The lowest BCUT2D eigenvalue weighted by molar-refractivity contribution is -0.617. The molecule has 1 fully saturated rings. The van der Waals surface area contributed by atoms with Crippen molar-refractivity contribution < 1.29 is 28.3 Å². The van der Waals surface area contributed by atoms with Crippen molar-refractivity contribution in [1.29, 1.82) is 0 Å². The summed E-state index contributed by atoms with van der Waals surface area (Å²) in [6.07, 6.45) is 6.80. The van der Waals surface area contributed by atoms with Crippen LogP contribution in [0.4, 0.5) is 5.69 Å². The summed E-state index contributed by atoms with van der Waals surface area (Å²) in [7, 11) is 8.22. The van der Waals surface area contributed by atoms with Crippen LogP contribution in [-0.2, 0) is 32.5 Å². The van der Waals surface area contributed by atoms with E-state index >= 15 is 0 Å². The van der Waals surface area contributed by atoms with Gasteiger partial charge in [-0.15, -0.1) is 0 Å². The lowest BCUT2D eigenvalue weighted by atomic mass is 9.95. The van der Waals surface area contributed by atoms with Crippen LogP contribution in [0.5, 0.6) is 5.75 Å². The summed E-state index contributed by atoms with van der Waals surface area (Å²) in [5.41, 5.74) is 7.29. The number of likely N-dealkylation sites (N-methyl/N-ethyl adjacent to an activating group) is 1. The summed E-state index contributed by atoms with van der Waals surface area (Å²) < 4.78 is 25.1. The van der Waals surface area contributed by atoms with Crippen molar-refractivity contribution in [3.63, 3.8) is 0 Å². The van der Waals surface area contributed by atoms with Crippen LogP contribution >= 0.6 is 21.6 Å². The number of hydrogen-bond acceptors (Lipinski definition) is 8. The minimum absolute atomic E-state index is 0.0672. The van der Waals surface area contributed by atoms with Crippen LogP contribution in [0.15, 0.2) is 97.1 Å². The molecule has 0 aliphatic carbocycles. The summed E-state index contributed by atoms with van der Waals surface area (Å²) in [6, 6.07) is 34.2. The number of fused-ring (bicyclic) bond motifs is 2. The highest BCUT2D eigenvalue weighted by molar-refractivity contribution is 8.77. The Labute approximate surface area is 322 Å². The van der Waals surface area contributed by atoms with E-state index in [4.69, 9.17) is 18.9 Å². The van der Waals surface area contributed by atoms with Crippen LogP contribution in [0.2, 0.25) is 0 Å². The van der Waals surface area contributed by atoms with Crippen molar-refractivity contribution in [2.24, 2.45) is 7.05 Å². The van der Waals surface area contributed by atoms with Crippen LogP contribution in [-0.4, -0.2) is 70.2 Å². The van der Waals surface area contributed by atoms with Crippen molar-refractivity contribution >= 4 is 55.1 Å². The molecule has 0 amide bonds. The molecule has 1 unspecified atom stereocenters. The molecule has 0 N–H and O–H groups in total. The summed E-state index contributed by atoms with van der Waals surface area (Å²) >= 11 is 0. The second-order valence-corrected chi connectivity index (χ2v) is 16.3. The Balaban J connectivity index is 0.808. The first-order chi connectivity index (χ1) is 26.1. The number of ether oxygens (including phenoxy) is 4. The minimum Gasteiger partial charge on any atom is -0.491 e. The molecule has 6 rings (SSSR count). The smallest absolute Gasteiger partial charge is 0.305 e. The number of carbonyl (C=O) groups is 1. The average Bonchev–Trinajstić information content (AvgIpc) is 3.72. The highest BCUT2D eigenvalue weighted by atomic mass is 33.1. The first-order valence-corrected chi connectivity index (χ1v) is 21.4. The molecule has 0 radical (unpaired) electrons. The van der Waals surface area contributed by atoms with Crippen LogP contribution < -0.4 is 14.2 Å². The molecule has 1 aromatic heterocycles. The average molecular weight is 754 g/mol. The molecule has 2 heterocycles. The summed E-state index contributed by atoms with van der Waals surface area (Å²) in [5, 5.41) is 3.29. The zero-order chi connectivity index (χ0) is 36.7. The molecule has 7 nitrogen and oxygen atoms in total. The number of rotatable bonds is 21. The van der Waals surface area contributed by atoms with Gasteiger partial charge in [0, 0.05) is 54.4 Å². The summed E-state index contributed by atoms with van der Waals surface area (Å²) in [4.78, 5) is 14.2. The first kappa shape index (κ1) is 38.9. The Morgan fingerprint density at radius 2 is 1.45 bits per heavy atom. The molecular formula is C44H53N2O5S2+. The molecule has 5 aromatic rings. The number of nitrogens with zero attached hydrogens (tertiary/aromatic N) is 2. The molecule has 9 heteroatoms. The molecule has 1 atom stereocenters. The standard InChI is InChI=1S/C44H53N2O5S2/c1-45(36-21-19-35(20-22-36)44-39-12-4-6-14-41(39)46(2)42-15-7-5-13-40(42)44)26-28-48-29-30-49-31-32-50-37-23-17-34(18-24-37)10-9-27-51-43(47)16-8-3-11-38-25-33-52-53-38/h4-7,12-15,17-24,38H,3,8-11,16,25-33H2,1-2H3/q+1. The van der Waals surface area contributed by atoms with Gasteiger partial charge in [0.15, 0.2) is 0 Å². The zero-order valence-corrected chi connectivity index (χ0v) is 32.8. The third-order valence-electron chi connectivity index (χ3n) is 9.79. The second-order valence-electron chi connectivity index (χ2n) is 13.6. The fourth-order valence-corrected chi connectivity index (χ4v) is 9.81.